The summed E-state index contributed by atoms with van der Waals surface area (Å²) in [6.45, 7) is 4.06. The highest BCUT2D eigenvalue weighted by molar-refractivity contribution is 7.90. The van der Waals surface area contributed by atoms with Gasteiger partial charge in [-0.05, 0) is 30.2 Å². The van der Waals surface area contributed by atoms with Crippen LogP contribution in [0.5, 0.6) is 0 Å². The minimum Gasteiger partial charge on any atom is -0.330 e. The maximum atomic E-state index is 13.9. The predicted molar refractivity (Wildman–Crippen MR) is 82.2 cm³/mol. The first-order chi connectivity index (χ1) is 9.81. The standard InChI is InChI=1S/C13H21FN2O4S2/c1-13(2,8-15)9-16(3)22(19,20)10-5-6-12(11(14)7-10)21(4,17)18/h5-7H,8-9,15H2,1-4H3. The van der Waals surface area contributed by atoms with Gasteiger partial charge in [0.1, 0.15) is 10.7 Å². The smallest absolute Gasteiger partial charge is 0.242 e. The Labute approximate surface area is 131 Å². The first-order valence-corrected chi connectivity index (χ1v) is 9.80. The zero-order chi connectivity index (χ0) is 17.3. The van der Waals surface area contributed by atoms with E-state index in [0.717, 1.165) is 28.8 Å². The van der Waals surface area contributed by atoms with Crippen LogP contribution in [0.25, 0.3) is 0 Å². The lowest BCUT2D eigenvalue weighted by Crippen LogP contribution is -2.39. The highest BCUT2D eigenvalue weighted by atomic mass is 32.2. The molecule has 0 saturated heterocycles. The molecule has 0 radical (unpaired) electrons. The van der Waals surface area contributed by atoms with E-state index in [1.807, 2.05) is 13.8 Å². The number of nitrogens with zero attached hydrogens (tertiary/aromatic N) is 1. The normalized spacial score (nSPS) is 13.6. The van der Waals surface area contributed by atoms with Gasteiger partial charge >= 0.3 is 0 Å². The maximum Gasteiger partial charge on any atom is 0.242 e. The summed E-state index contributed by atoms with van der Waals surface area (Å²) >= 11 is 0. The van der Waals surface area contributed by atoms with Crippen LogP contribution in [-0.2, 0) is 19.9 Å². The number of rotatable bonds is 6. The number of sulfone groups is 1. The zero-order valence-electron chi connectivity index (χ0n) is 13.0. The molecule has 0 spiro atoms. The minimum atomic E-state index is -3.92. The topological polar surface area (TPSA) is 97.5 Å². The van der Waals surface area contributed by atoms with E-state index in [0.29, 0.717) is 0 Å². The second-order valence-electron chi connectivity index (χ2n) is 5.99. The van der Waals surface area contributed by atoms with E-state index in [4.69, 9.17) is 5.73 Å². The van der Waals surface area contributed by atoms with Gasteiger partial charge in [-0.1, -0.05) is 13.8 Å². The summed E-state index contributed by atoms with van der Waals surface area (Å²) < 4.78 is 62.5. The summed E-state index contributed by atoms with van der Waals surface area (Å²) in [5, 5.41) is 0. The summed E-state index contributed by atoms with van der Waals surface area (Å²) in [6, 6.07) is 2.76. The van der Waals surface area contributed by atoms with E-state index in [2.05, 4.69) is 0 Å². The lowest BCUT2D eigenvalue weighted by molar-refractivity contribution is 0.292. The molecule has 0 bridgehead atoms. The van der Waals surface area contributed by atoms with E-state index < -0.39 is 36.0 Å². The lowest BCUT2D eigenvalue weighted by atomic mass is 9.94. The van der Waals surface area contributed by atoms with E-state index in [1.165, 1.54) is 7.05 Å². The van der Waals surface area contributed by atoms with Crippen molar-refractivity contribution in [1.82, 2.24) is 4.31 Å². The van der Waals surface area contributed by atoms with Crippen molar-refractivity contribution in [2.75, 3.05) is 26.4 Å². The molecule has 0 amide bonds. The van der Waals surface area contributed by atoms with E-state index in [1.54, 1.807) is 0 Å². The molecular weight excluding hydrogens is 331 g/mol. The van der Waals surface area contributed by atoms with Gasteiger partial charge in [0.25, 0.3) is 0 Å². The molecule has 126 valence electrons. The van der Waals surface area contributed by atoms with Crippen LogP contribution >= 0.6 is 0 Å². The number of sulfonamides is 1. The summed E-state index contributed by atoms with van der Waals surface area (Å²) in [5.74, 6) is -1.09. The summed E-state index contributed by atoms with van der Waals surface area (Å²) in [6.07, 6.45) is 0.857. The molecule has 2 N–H and O–H groups in total. The maximum absolute atomic E-state index is 13.9. The number of nitrogens with two attached hydrogens (primary N) is 1. The molecule has 0 heterocycles. The fraction of sp³-hybridized carbons (Fsp3) is 0.538. The predicted octanol–water partition coefficient (Wildman–Crippen LogP) is 0.835. The molecule has 22 heavy (non-hydrogen) atoms. The third-order valence-corrected chi connectivity index (χ3v) is 6.14. The van der Waals surface area contributed by atoms with Crippen LogP contribution in [0.1, 0.15) is 13.8 Å². The molecule has 1 aromatic rings. The Bertz CT molecular complexity index is 758. The van der Waals surface area contributed by atoms with Gasteiger partial charge in [-0.3, -0.25) is 0 Å². The highest BCUT2D eigenvalue weighted by Gasteiger charge is 2.28. The van der Waals surface area contributed by atoms with Crippen molar-refractivity contribution in [3.8, 4) is 0 Å². The molecule has 9 heteroatoms. The molecule has 1 aromatic carbocycles. The van der Waals surface area contributed by atoms with Gasteiger partial charge in [-0.15, -0.1) is 0 Å². The van der Waals surface area contributed by atoms with Crippen molar-refractivity contribution in [3.05, 3.63) is 24.0 Å². The van der Waals surface area contributed by atoms with E-state index >= 15 is 0 Å². The van der Waals surface area contributed by atoms with Crippen LogP contribution in [0.3, 0.4) is 0 Å². The second kappa shape index (κ2) is 6.23. The van der Waals surface area contributed by atoms with Crippen LogP contribution in [-0.4, -0.2) is 47.5 Å². The number of hydrogen-bond acceptors (Lipinski definition) is 5. The Kier molecular flexibility index (Phi) is 5.38. The zero-order valence-corrected chi connectivity index (χ0v) is 14.6. The van der Waals surface area contributed by atoms with Gasteiger partial charge in [0.2, 0.25) is 10.0 Å². The second-order valence-corrected chi connectivity index (χ2v) is 10.0. The Morgan fingerprint density at radius 1 is 1.23 bits per heavy atom. The number of benzene rings is 1. The average Bonchev–Trinajstić information content (AvgIpc) is 2.36. The Morgan fingerprint density at radius 2 is 1.77 bits per heavy atom. The van der Waals surface area contributed by atoms with Gasteiger partial charge in [0.05, 0.1) is 4.90 Å². The van der Waals surface area contributed by atoms with Crippen LogP contribution in [0.2, 0.25) is 0 Å². The molecule has 0 atom stereocenters. The third kappa shape index (κ3) is 4.25. The quantitative estimate of drug-likeness (QED) is 0.818. The fourth-order valence-corrected chi connectivity index (χ4v) is 3.98. The number of hydrogen-bond donors (Lipinski definition) is 1. The summed E-state index contributed by atoms with van der Waals surface area (Å²) in [4.78, 5) is -0.830. The molecule has 6 nitrogen and oxygen atoms in total. The molecule has 0 fully saturated rings. The van der Waals surface area contributed by atoms with Crippen molar-refractivity contribution in [2.45, 2.75) is 23.6 Å². The molecule has 1 rings (SSSR count). The van der Waals surface area contributed by atoms with Crippen molar-refractivity contribution >= 4 is 19.9 Å². The van der Waals surface area contributed by atoms with Crippen LogP contribution < -0.4 is 5.73 Å². The third-order valence-electron chi connectivity index (χ3n) is 3.21. The van der Waals surface area contributed by atoms with Crippen molar-refractivity contribution in [2.24, 2.45) is 11.1 Å². The fourth-order valence-electron chi connectivity index (χ4n) is 1.87. The van der Waals surface area contributed by atoms with Crippen LogP contribution in [0, 0.1) is 11.2 Å². The molecular formula is C13H21FN2O4S2. The summed E-state index contributed by atoms with van der Waals surface area (Å²) in [5.41, 5.74) is 5.14. The largest absolute Gasteiger partial charge is 0.330 e. The van der Waals surface area contributed by atoms with Gasteiger partial charge in [0, 0.05) is 19.8 Å². The molecule has 0 aliphatic heterocycles. The summed E-state index contributed by atoms with van der Waals surface area (Å²) in [7, 11) is -6.30. The molecule has 0 aliphatic rings. The molecule has 0 aromatic heterocycles. The Morgan fingerprint density at radius 3 is 2.18 bits per heavy atom. The van der Waals surface area contributed by atoms with Gasteiger partial charge in [-0.25, -0.2) is 25.5 Å². The van der Waals surface area contributed by atoms with Crippen molar-refractivity contribution in [1.29, 1.82) is 0 Å². The Balaban J connectivity index is 3.22. The lowest BCUT2D eigenvalue weighted by Gasteiger charge is -2.28. The first kappa shape index (κ1) is 19.0. The molecule has 0 unspecified atom stereocenters. The van der Waals surface area contributed by atoms with Crippen LogP contribution in [0.4, 0.5) is 4.39 Å². The first-order valence-electron chi connectivity index (χ1n) is 6.47. The monoisotopic (exact) mass is 352 g/mol. The van der Waals surface area contributed by atoms with Crippen molar-refractivity contribution in [3.63, 3.8) is 0 Å². The van der Waals surface area contributed by atoms with Gasteiger partial charge < -0.3 is 5.73 Å². The van der Waals surface area contributed by atoms with E-state index in [-0.39, 0.29) is 18.0 Å². The molecule has 0 saturated carbocycles. The van der Waals surface area contributed by atoms with Gasteiger partial charge in [-0.2, -0.15) is 0 Å². The minimum absolute atomic E-state index is 0.154. The Hall–Kier alpha value is -1.03. The van der Waals surface area contributed by atoms with Gasteiger partial charge in [0.15, 0.2) is 9.84 Å². The van der Waals surface area contributed by atoms with Crippen LogP contribution in [0.15, 0.2) is 28.0 Å². The van der Waals surface area contributed by atoms with E-state index in [9.17, 15) is 21.2 Å². The highest BCUT2D eigenvalue weighted by Crippen LogP contribution is 2.23. The average molecular weight is 352 g/mol. The molecule has 0 aliphatic carbocycles. The number of halogens is 1. The van der Waals surface area contributed by atoms with Crippen molar-refractivity contribution < 1.29 is 21.2 Å². The SMILES string of the molecule is CN(CC(C)(C)CN)S(=O)(=O)c1ccc(S(C)(=O)=O)c(F)c1.